The Hall–Kier alpha value is -0.610. The molecular weight excluding hydrogens is 424 g/mol. The quantitative estimate of drug-likeness (QED) is 0.454. The van der Waals surface area contributed by atoms with Crippen molar-refractivity contribution in [1.82, 2.24) is 0 Å². The zero-order valence-corrected chi connectivity index (χ0v) is 22.3. The smallest absolute Gasteiger partial charge is 0.306 e. The average molecular weight is 473 g/mol. The lowest BCUT2D eigenvalue weighted by molar-refractivity contribution is -0.245. The van der Waals surface area contributed by atoms with Crippen molar-refractivity contribution in [3.63, 3.8) is 0 Å². The van der Waals surface area contributed by atoms with Crippen LogP contribution in [0.5, 0.6) is 0 Å². The molecule has 0 amide bonds. The molecule has 6 fully saturated rings. The maximum atomic E-state index is 12.7. The number of aliphatic hydroxyl groups is 2. The summed E-state index contributed by atoms with van der Waals surface area (Å²) in [6.07, 6.45) is 8.40. The van der Waals surface area contributed by atoms with Gasteiger partial charge in [0.25, 0.3) is 0 Å². The minimum Gasteiger partial charge on any atom is -0.481 e. The van der Waals surface area contributed by atoms with Crippen LogP contribution in [0.2, 0.25) is 0 Å². The van der Waals surface area contributed by atoms with E-state index >= 15 is 0 Å². The first-order valence-corrected chi connectivity index (χ1v) is 14.4. The number of aliphatic hydroxyl groups excluding tert-OH is 2. The van der Waals surface area contributed by atoms with Crippen LogP contribution in [0, 0.1) is 68.5 Å². The van der Waals surface area contributed by atoms with Gasteiger partial charge in [-0.2, -0.15) is 0 Å². The van der Waals surface area contributed by atoms with E-state index in [4.69, 9.17) is 0 Å². The van der Waals surface area contributed by atoms with E-state index < -0.39 is 5.97 Å². The molecule has 0 radical (unpaired) electrons. The van der Waals surface area contributed by atoms with Gasteiger partial charge >= 0.3 is 5.97 Å². The second kappa shape index (κ2) is 6.82. The fraction of sp³-hybridized carbons (Fsp3) is 0.967. The predicted octanol–water partition coefficient (Wildman–Crippen LogP) is 5.75. The molecule has 13 atom stereocenters. The topological polar surface area (TPSA) is 77.8 Å². The molecule has 0 spiro atoms. The van der Waals surface area contributed by atoms with Crippen LogP contribution in [0.15, 0.2) is 0 Å². The molecule has 0 aromatic rings. The van der Waals surface area contributed by atoms with E-state index in [1.54, 1.807) is 0 Å². The van der Waals surface area contributed by atoms with Crippen molar-refractivity contribution in [3.05, 3.63) is 0 Å². The first-order valence-electron chi connectivity index (χ1n) is 14.4. The monoisotopic (exact) mass is 472 g/mol. The van der Waals surface area contributed by atoms with Crippen molar-refractivity contribution in [1.29, 1.82) is 0 Å². The summed E-state index contributed by atoms with van der Waals surface area (Å²) < 4.78 is 0. The Morgan fingerprint density at radius 2 is 1.59 bits per heavy atom. The van der Waals surface area contributed by atoms with Crippen molar-refractivity contribution in [2.45, 2.75) is 112 Å². The number of rotatable bonds is 1. The molecule has 0 aromatic heterocycles. The molecule has 13 unspecified atom stereocenters. The molecule has 0 bridgehead atoms. The normalized spacial score (nSPS) is 61.7. The Balaban J connectivity index is 1.47. The highest BCUT2D eigenvalue weighted by molar-refractivity contribution is 5.71. The third-order valence-electron chi connectivity index (χ3n) is 14.4. The summed E-state index contributed by atoms with van der Waals surface area (Å²) in [4.78, 5) is 12.7. The summed E-state index contributed by atoms with van der Waals surface area (Å²) >= 11 is 0. The number of fused-ring (bicyclic) bond motifs is 4. The highest BCUT2D eigenvalue weighted by Crippen LogP contribution is 2.90. The van der Waals surface area contributed by atoms with Crippen molar-refractivity contribution < 1.29 is 20.1 Å². The van der Waals surface area contributed by atoms with Gasteiger partial charge in [0.15, 0.2) is 0 Å². The molecule has 0 saturated heterocycles. The highest BCUT2D eigenvalue weighted by Gasteiger charge is 2.87. The van der Waals surface area contributed by atoms with Gasteiger partial charge in [0, 0.05) is 5.41 Å². The Bertz CT molecular complexity index is 898. The van der Waals surface area contributed by atoms with Crippen molar-refractivity contribution in [3.8, 4) is 0 Å². The van der Waals surface area contributed by atoms with Crippen LogP contribution in [0.3, 0.4) is 0 Å². The number of hydrogen-bond acceptors (Lipinski definition) is 3. The van der Waals surface area contributed by atoms with Crippen molar-refractivity contribution >= 4 is 5.97 Å². The number of carbonyl (C=O) groups is 1. The van der Waals surface area contributed by atoms with E-state index in [1.807, 2.05) is 0 Å². The Labute approximate surface area is 206 Å². The number of hydrogen-bond donors (Lipinski definition) is 3. The summed E-state index contributed by atoms with van der Waals surface area (Å²) in [5.74, 6) is 1.66. The highest BCUT2D eigenvalue weighted by atomic mass is 16.4. The van der Waals surface area contributed by atoms with E-state index in [2.05, 4.69) is 41.5 Å². The Kier molecular flexibility index (Phi) is 4.77. The fourth-order valence-electron chi connectivity index (χ4n) is 12.6. The van der Waals surface area contributed by atoms with Gasteiger partial charge in [-0.15, -0.1) is 0 Å². The molecule has 4 nitrogen and oxygen atoms in total. The lowest BCUT2D eigenvalue weighted by Crippen LogP contribution is -2.66. The molecule has 6 aliphatic rings. The molecule has 6 saturated carbocycles. The minimum atomic E-state index is -0.589. The van der Waals surface area contributed by atoms with E-state index in [9.17, 15) is 20.1 Å². The third-order valence-corrected chi connectivity index (χ3v) is 14.4. The Morgan fingerprint density at radius 1 is 0.882 bits per heavy atom. The van der Waals surface area contributed by atoms with Crippen LogP contribution < -0.4 is 0 Å². The lowest BCUT2D eigenvalue weighted by atomic mass is 9.35. The van der Waals surface area contributed by atoms with Crippen LogP contribution in [-0.2, 0) is 4.79 Å². The van der Waals surface area contributed by atoms with Crippen LogP contribution >= 0.6 is 0 Å². The minimum absolute atomic E-state index is 0.0357. The van der Waals surface area contributed by atoms with Crippen LogP contribution in [-0.4, -0.2) is 33.5 Å². The predicted molar refractivity (Wildman–Crippen MR) is 132 cm³/mol. The molecule has 0 aliphatic heterocycles. The van der Waals surface area contributed by atoms with Gasteiger partial charge in [-0.05, 0) is 109 Å². The van der Waals surface area contributed by atoms with Crippen LogP contribution in [0.25, 0.3) is 0 Å². The summed E-state index contributed by atoms with van der Waals surface area (Å²) in [5, 5.41) is 33.5. The zero-order valence-electron chi connectivity index (χ0n) is 22.3. The fourth-order valence-corrected chi connectivity index (χ4v) is 12.6. The van der Waals surface area contributed by atoms with E-state index in [0.717, 1.165) is 57.8 Å². The van der Waals surface area contributed by atoms with Crippen LogP contribution in [0.4, 0.5) is 0 Å². The molecule has 0 aromatic carbocycles. The second-order valence-electron chi connectivity index (χ2n) is 15.2. The molecule has 3 N–H and O–H groups in total. The summed E-state index contributed by atoms with van der Waals surface area (Å²) in [5.41, 5.74) is -0.0400. The van der Waals surface area contributed by atoms with Gasteiger partial charge in [-0.3, -0.25) is 4.79 Å². The van der Waals surface area contributed by atoms with Crippen LogP contribution in [0.1, 0.15) is 99.3 Å². The number of carboxylic acid groups (broad SMARTS) is 1. The van der Waals surface area contributed by atoms with E-state index in [1.165, 1.54) is 0 Å². The SMILES string of the molecule is CC1CCC2C(C(=O)O)CC34CC3(C(O)CC3C5(C)CCC(O)C(C)(C)C5CCC34C)C2C1C. The lowest BCUT2D eigenvalue weighted by Gasteiger charge is -2.70. The largest absolute Gasteiger partial charge is 0.481 e. The molecule has 6 rings (SSSR count). The van der Waals surface area contributed by atoms with Gasteiger partial charge in [-0.1, -0.05) is 48.0 Å². The maximum Gasteiger partial charge on any atom is 0.306 e. The summed E-state index contributed by atoms with van der Waals surface area (Å²) in [7, 11) is 0. The third kappa shape index (κ3) is 2.42. The average Bonchev–Trinajstić information content (AvgIpc) is 3.48. The molecule has 34 heavy (non-hydrogen) atoms. The van der Waals surface area contributed by atoms with Crippen molar-refractivity contribution in [2.24, 2.45) is 68.5 Å². The number of aliphatic carboxylic acids is 1. The summed E-state index contributed by atoms with van der Waals surface area (Å²) in [6.45, 7) is 14.2. The summed E-state index contributed by atoms with van der Waals surface area (Å²) in [6, 6.07) is 0. The first-order chi connectivity index (χ1) is 15.8. The molecule has 192 valence electrons. The molecular formula is C30H48O4. The van der Waals surface area contributed by atoms with E-state index in [0.29, 0.717) is 29.6 Å². The second-order valence-corrected chi connectivity index (χ2v) is 15.2. The van der Waals surface area contributed by atoms with Gasteiger partial charge in [0.1, 0.15) is 0 Å². The van der Waals surface area contributed by atoms with Crippen molar-refractivity contribution in [2.75, 3.05) is 0 Å². The molecule has 4 heteroatoms. The standard InChI is InChI=1S/C30H48O4/c1-16-7-8-18-19(25(33)34)14-29-15-30(29,24(18)17(16)2)23(32)13-21-27(5)11-10-22(31)26(3,4)20(27)9-12-28(21,29)6/h16-24,31-32H,7-15H2,1-6H3,(H,33,34). The van der Waals surface area contributed by atoms with Gasteiger partial charge in [-0.25, -0.2) is 0 Å². The maximum absolute atomic E-state index is 12.7. The molecule has 6 aliphatic carbocycles. The van der Waals surface area contributed by atoms with Gasteiger partial charge in [0.2, 0.25) is 0 Å². The zero-order chi connectivity index (χ0) is 24.6. The Morgan fingerprint density at radius 3 is 2.26 bits per heavy atom. The first kappa shape index (κ1) is 23.8. The number of carboxylic acids is 1. The molecule has 0 heterocycles. The van der Waals surface area contributed by atoms with E-state index in [-0.39, 0.29) is 51.1 Å². The van der Waals surface area contributed by atoms with Gasteiger partial charge in [0.05, 0.1) is 18.1 Å². The van der Waals surface area contributed by atoms with Gasteiger partial charge < -0.3 is 15.3 Å².